The van der Waals surface area contributed by atoms with Crippen LogP contribution >= 0.6 is 27.3 Å². The van der Waals surface area contributed by atoms with Crippen molar-refractivity contribution in [2.75, 3.05) is 0 Å². The van der Waals surface area contributed by atoms with Crippen LogP contribution in [-0.2, 0) is 16.6 Å². The van der Waals surface area contributed by atoms with Gasteiger partial charge in [-0.2, -0.15) is 11.3 Å². The average Bonchev–Trinajstić information content (AvgIpc) is 2.79. The zero-order chi connectivity index (χ0) is 12.3. The van der Waals surface area contributed by atoms with Crippen molar-refractivity contribution in [3.8, 4) is 0 Å². The summed E-state index contributed by atoms with van der Waals surface area (Å²) in [4.78, 5) is 0.266. The van der Waals surface area contributed by atoms with Crippen LogP contribution in [0.2, 0.25) is 0 Å². The van der Waals surface area contributed by atoms with Gasteiger partial charge in [0.2, 0.25) is 10.0 Å². The normalized spacial score (nSPS) is 11.6. The molecule has 0 amide bonds. The molecule has 1 N–H and O–H groups in total. The van der Waals surface area contributed by atoms with Crippen molar-refractivity contribution in [2.24, 2.45) is 0 Å². The summed E-state index contributed by atoms with van der Waals surface area (Å²) in [7, 11) is -3.43. The molecule has 2 rings (SSSR count). The van der Waals surface area contributed by atoms with Gasteiger partial charge in [-0.3, -0.25) is 0 Å². The zero-order valence-corrected chi connectivity index (χ0v) is 12.0. The molecule has 1 heterocycles. The maximum Gasteiger partial charge on any atom is 0.240 e. The van der Waals surface area contributed by atoms with Crippen LogP contribution < -0.4 is 4.72 Å². The molecule has 0 fully saturated rings. The molecule has 1 aromatic heterocycles. The number of sulfonamides is 1. The highest BCUT2D eigenvalue weighted by Crippen LogP contribution is 2.16. The van der Waals surface area contributed by atoms with Gasteiger partial charge in [0.25, 0.3) is 0 Å². The van der Waals surface area contributed by atoms with Crippen molar-refractivity contribution in [1.82, 2.24) is 4.72 Å². The van der Waals surface area contributed by atoms with Gasteiger partial charge in [-0.05, 0) is 40.6 Å². The molecule has 2 aromatic rings. The number of thiophene rings is 1. The predicted octanol–water partition coefficient (Wildman–Crippen LogP) is 2.99. The monoisotopic (exact) mass is 331 g/mol. The first kappa shape index (κ1) is 12.8. The quantitative estimate of drug-likeness (QED) is 0.936. The molecule has 0 saturated heterocycles. The highest BCUT2D eigenvalue weighted by Gasteiger charge is 2.13. The summed E-state index contributed by atoms with van der Waals surface area (Å²) in [5.41, 5.74) is 0.966. The van der Waals surface area contributed by atoms with Crippen molar-refractivity contribution >= 4 is 37.3 Å². The second-order valence-electron chi connectivity index (χ2n) is 3.41. The van der Waals surface area contributed by atoms with Crippen LogP contribution in [0.1, 0.15) is 5.56 Å². The fourth-order valence-corrected chi connectivity index (χ4v) is 3.57. The van der Waals surface area contributed by atoms with Gasteiger partial charge in [-0.1, -0.05) is 22.0 Å². The molecule has 17 heavy (non-hydrogen) atoms. The maximum absolute atomic E-state index is 12.0. The molecule has 0 unspecified atom stereocenters. The molecule has 3 nitrogen and oxygen atoms in total. The second kappa shape index (κ2) is 5.30. The molecule has 0 spiro atoms. The molecule has 0 saturated carbocycles. The second-order valence-corrected chi connectivity index (χ2v) is 6.88. The largest absolute Gasteiger partial charge is 0.240 e. The topological polar surface area (TPSA) is 46.2 Å². The number of nitrogens with one attached hydrogen (secondary N) is 1. The van der Waals surface area contributed by atoms with Crippen molar-refractivity contribution in [3.05, 3.63) is 51.1 Å². The fourth-order valence-electron chi connectivity index (χ4n) is 1.29. The number of hydrogen-bond acceptors (Lipinski definition) is 3. The van der Waals surface area contributed by atoms with Gasteiger partial charge in [-0.25, -0.2) is 13.1 Å². The Morgan fingerprint density at radius 1 is 1.29 bits per heavy atom. The van der Waals surface area contributed by atoms with E-state index in [0.29, 0.717) is 6.54 Å². The van der Waals surface area contributed by atoms with E-state index in [1.54, 1.807) is 35.6 Å². The van der Waals surface area contributed by atoms with E-state index < -0.39 is 10.0 Å². The Morgan fingerprint density at radius 3 is 2.76 bits per heavy atom. The highest BCUT2D eigenvalue weighted by atomic mass is 79.9. The first-order valence-corrected chi connectivity index (χ1v) is 8.06. The molecule has 0 aliphatic heterocycles. The maximum atomic E-state index is 12.0. The Bertz CT molecular complexity index is 594. The summed E-state index contributed by atoms with van der Waals surface area (Å²) in [6.07, 6.45) is 0. The molecule has 1 aromatic carbocycles. The number of benzene rings is 1. The lowest BCUT2D eigenvalue weighted by molar-refractivity contribution is 0.581. The van der Waals surface area contributed by atoms with E-state index in [2.05, 4.69) is 20.7 Å². The third kappa shape index (κ3) is 3.38. The predicted molar refractivity (Wildman–Crippen MR) is 72.5 cm³/mol. The van der Waals surface area contributed by atoms with E-state index in [0.717, 1.165) is 10.0 Å². The van der Waals surface area contributed by atoms with Gasteiger partial charge >= 0.3 is 0 Å². The molecule has 0 aliphatic rings. The minimum atomic E-state index is -3.43. The molecular weight excluding hydrogens is 322 g/mol. The summed E-state index contributed by atoms with van der Waals surface area (Å²) in [5.74, 6) is 0. The summed E-state index contributed by atoms with van der Waals surface area (Å²) < 4.78 is 27.2. The Morgan fingerprint density at radius 2 is 2.12 bits per heavy atom. The number of halogens is 1. The smallest absolute Gasteiger partial charge is 0.207 e. The van der Waals surface area contributed by atoms with E-state index >= 15 is 0 Å². The van der Waals surface area contributed by atoms with Crippen LogP contribution in [0.4, 0.5) is 0 Å². The van der Waals surface area contributed by atoms with Crippen LogP contribution in [0.25, 0.3) is 0 Å². The van der Waals surface area contributed by atoms with Gasteiger partial charge in [0.1, 0.15) is 0 Å². The van der Waals surface area contributed by atoms with Crippen LogP contribution in [0, 0.1) is 0 Å². The highest BCUT2D eigenvalue weighted by molar-refractivity contribution is 9.10. The van der Waals surface area contributed by atoms with E-state index in [-0.39, 0.29) is 4.90 Å². The van der Waals surface area contributed by atoms with Gasteiger partial charge in [0.15, 0.2) is 0 Å². The third-order valence-electron chi connectivity index (χ3n) is 2.15. The molecule has 6 heteroatoms. The van der Waals surface area contributed by atoms with Gasteiger partial charge in [-0.15, -0.1) is 0 Å². The standard InChI is InChI=1S/C11H10BrNO2S2/c12-10-2-1-3-11(6-10)17(14,15)13-7-9-4-5-16-8-9/h1-6,8,13H,7H2. The Kier molecular flexibility index (Phi) is 3.98. The van der Waals surface area contributed by atoms with E-state index in [1.165, 1.54) is 0 Å². The molecule has 0 bridgehead atoms. The van der Waals surface area contributed by atoms with Crippen LogP contribution in [0.3, 0.4) is 0 Å². The van der Waals surface area contributed by atoms with Crippen LogP contribution in [-0.4, -0.2) is 8.42 Å². The summed E-state index contributed by atoms with van der Waals surface area (Å²) in [6, 6.07) is 8.53. The van der Waals surface area contributed by atoms with Gasteiger partial charge < -0.3 is 0 Å². The minimum absolute atomic E-state index is 0.266. The van der Waals surface area contributed by atoms with Crippen molar-refractivity contribution in [3.63, 3.8) is 0 Å². The minimum Gasteiger partial charge on any atom is -0.207 e. The molecule has 0 atom stereocenters. The van der Waals surface area contributed by atoms with Gasteiger partial charge in [0.05, 0.1) is 4.90 Å². The summed E-state index contributed by atoms with van der Waals surface area (Å²) in [5, 5.41) is 3.84. The lowest BCUT2D eigenvalue weighted by Gasteiger charge is -2.05. The zero-order valence-electron chi connectivity index (χ0n) is 8.76. The number of hydrogen-bond donors (Lipinski definition) is 1. The summed E-state index contributed by atoms with van der Waals surface area (Å²) in [6.45, 7) is 0.318. The lowest BCUT2D eigenvalue weighted by Crippen LogP contribution is -2.22. The molecule has 90 valence electrons. The third-order valence-corrected chi connectivity index (χ3v) is 4.78. The Hall–Kier alpha value is -0.690. The number of rotatable bonds is 4. The van der Waals surface area contributed by atoms with E-state index in [9.17, 15) is 8.42 Å². The van der Waals surface area contributed by atoms with Gasteiger partial charge in [0, 0.05) is 11.0 Å². The lowest BCUT2D eigenvalue weighted by atomic mass is 10.4. The molecule has 0 radical (unpaired) electrons. The van der Waals surface area contributed by atoms with E-state index in [4.69, 9.17) is 0 Å². The molecular formula is C11H10BrNO2S2. The Balaban J connectivity index is 2.14. The average molecular weight is 332 g/mol. The molecule has 0 aliphatic carbocycles. The first-order valence-electron chi connectivity index (χ1n) is 4.84. The van der Waals surface area contributed by atoms with Crippen LogP contribution in [0.5, 0.6) is 0 Å². The Labute approximate surface area is 113 Å². The SMILES string of the molecule is O=S(=O)(NCc1ccsc1)c1cccc(Br)c1. The first-order chi connectivity index (χ1) is 8.08. The summed E-state index contributed by atoms with van der Waals surface area (Å²) >= 11 is 4.80. The van der Waals surface area contributed by atoms with Crippen molar-refractivity contribution in [1.29, 1.82) is 0 Å². The van der Waals surface area contributed by atoms with Crippen LogP contribution in [0.15, 0.2) is 50.5 Å². The van der Waals surface area contributed by atoms with Crippen molar-refractivity contribution < 1.29 is 8.42 Å². The fraction of sp³-hybridized carbons (Fsp3) is 0.0909. The van der Waals surface area contributed by atoms with E-state index in [1.807, 2.05) is 16.8 Å². The van der Waals surface area contributed by atoms with Crippen molar-refractivity contribution in [2.45, 2.75) is 11.4 Å².